The van der Waals surface area contributed by atoms with Crippen LogP contribution in [0, 0.1) is 6.92 Å². The highest BCUT2D eigenvalue weighted by Gasteiger charge is 2.18. The molecule has 0 saturated heterocycles. The van der Waals surface area contributed by atoms with Crippen molar-refractivity contribution in [1.29, 1.82) is 0 Å². The minimum Gasteiger partial charge on any atom is -0.462 e. The third kappa shape index (κ3) is 3.59. The minimum atomic E-state index is -0.447. The zero-order valence-electron chi connectivity index (χ0n) is 10.2. The first kappa shape index (κ1) is 13.8. The number of aryl methyl sites for hydroxylation is 1. The Labute approximate surface area is 104 Å². The summed E-state index contributed by atoms with van der Waals surface area (Å²) in [6, 6.07) is 0. The lowest BCUT2D eigenvalue weighted by molar-refractivity contribution is 0.0493. The van der Waals surface area contributed by atoms with Gasteiger partial charge >= 0.3 is 11.7 Å². The van der Waals surface area contributed by atoms with Gasteiger partial charge in [0.15, 0.2) is 0 Å². The van der Waals surface area contributed by atoms with Crippen molar-refractivity contribution in [2.24, 2.45) is 0 Å². The Kier molecular flexibility index (Phi) is 5.21. The minimum absolute atomic E-state index is 0.355. The lowest BCUT2D eigenvalue weighted by atomic mass is 10.2. The number of carbonyl (C=O) groups excluding carboxylic acids is 1. The van der Waals surface area contributed by atoms with Gasteiger partial charge in [-0.15, -0.1) is 11.8 Å². The first-order valence-electron chi connectivity index (χ1n) is 5.42. The van der Waals surface area contributed by atoms with Gasteiger partial charge in [0, 0.05) is 5.69 Å². The maximum atomic E-state index is 11.8. The molecular weight excluding hydrogens is 240 g/mol. The number of aromatic amines is 1. The van der Waals surface area contributed by atoms with Crippen molar-refractivity contribution in [3.63, 3.8) is 0 Å². The topological polar surface area (TPSA) is 72.0 Å². The molecule has 0 aliphatic rings. The third-order valence-electron chi connectivity index (χ3n) is 2.21. The van der Waals surface area contributed by atoms with E-state index in [1.165, 1.54) is 11.8 Å². The predicted octanol–water partition coefficient (Wildman–Crippen LogP) is 1.76. The summed E-state index contributed by atoms with van der Waals surface area (Å²) in [5, 5.41) is 0.410. The largest absolute Gasteiger partial charge is 0.462 e. The number of nitrogens with zero attached hydrogens (tertiary/aromatic N) is 1. The van der Waals surface area contributed by atoms with E-state index in [9.17, 15) is 9.59 Å². The average molecular weight is 256 g/mol. The molecule has 0 radical (unpaired) electrons. The fraction of sp³-hybridized carbons (Fsp3) is 0.545. The first-order chi connectivity index (χ1) is 8.10. The van der Waals surface area contributed by atoms with Crippen LogP contribution in [0.25, 0.3) is 0 Å². The van der Waals surface area contributed by atoms with Crippen LogP contribution in [0.3, 0.4) is 0 Å². The molecule has 0 atom stereocenters. The van der Waals surface area contributed by atoms with Crippen LogP contribution in [0.1, 0.15) is 35.8 Å². The second kappa shape index (κ2) is 6.44. The van der Waals surface area contributed by atoms with Gasteiger partial charge in [0.05, 0.1) is 6.61 Å². The monoisotopic (exact) mass is 256 g/mol. The molecular formula is C11H16N2O3S. The Morgan fingerprint density at radius 3 is 2.82 bits per heavy atom. The lowest BCUT2D eigenvalue weighted by Gasteiger charge is -2.08. The van der Waals surface area contributed by atoms with Crippen LogP contribution in [0.4, 0.5) is 0 Å². The smallest absolute Gasteiger partial charge is 0.346 e. The number of thioether (sulfide) groups is 1. The molecule has 0 unspecified atom stereocenters. The Hall–Kier alpha value is -1.30. The van der Waals surface area contributed by atoms with Crippen molar-refractivity contribution in [3.8, 4) is 0 Å². The van der Waals surface area contributed by atoms with E-state index in [0.717, 1.165) is 12.8 Å². The fourth-order valence-electron chi connectivity index (χ4n) is 1.33. The lowest BCUT2D eigenvalue weighted by Crippen LogP contribution is -2.19. The van der Waals surface area contributed by atoms with E-state index in [2.05, 4.69) is 9.97 Å². The van der Waals surface area contributed by atoms with Gasteiger partial charge in [-0.05, 0) is 19.6 Å². The van der Waals surface area contributed by atoms with Gasteiger partial charge < -0.3 is 9.72 Å². The Morgan fingerprint density at radius 2 is 2.24 bits per heavy atom. The summed E-state index contributed by atoms with van der Waals surface area (Å²) in [6.07, 6.45) is 3.56. The molecule has 1 rings (SSSR count). The summed E-state index contributed by atoms with van der Waals surface area (Å²) in [5.41, 5.74) is 0.404. The number of esters is 1. The summed E-state index contributed by atoms with van der Waals surface area (Å²) in [7, 11) is 0. The maximum Gasteiger partial charge on any atom is 0.346 e. The fourth-order valence-corrected chi connectivity index (χ4v) is 1.94. The third-order valence-corrected chi connectivity index (χ3v) is 2.90. The number of carbonyl (C=O) groups is 1. The highest BCUT2D eigenvalue weighted by atomic mass is 32.2. The number of hydrogen-bond acceptors (Lipinski definition) is 5. The summed E-state index contributed by atoms with van der Waals surface area (Å²) in [4.78, 5) is 29.3. The number of hydrogen-bond donors (Lipinski definition) is 1. The molecule has 1 N–H and O–H groups in total. The van der Waals surface area contributed by atoms with Gasteiger partial charge in [0.1, 0.15) is 10.6 Å². The van der Waals surface area contributed by atoms with E-state index < -0.39 is 11.7 Å². The molecule has 0 fully saturated rings. The van der Waals surface area contributed by atoms with Gasteiger partial charge in [0.2, 0.25) is 0 Å². The number of aromatic nitrogens is 2. The summed E-state index contributed by atoms with van der Waals surface area (Å²) < 4.78 is 5.12. The van der Waals surface area contributed by atoms with Crippen LogP contribution >= 0.6 is 11.8 Å². The van der Waals surface area contributed by atoms with Crippen LogP contribution in [-0.2, 0) is 4.74 Å². The molecule has 5 nitrogen and oxygen atoms in total. The molecule has 1 aromatic rings. The van der Waals surface area contributed by atoms with Gasteiger partial charge in [-0.2, -0.15) is 4.98 Å². The quantitative estimate of drug-likeness (QED) is 0.376. The van der Waals surface area contributed by atoms with Gasteiger partial charge in [0.25, 0.3) is 0 Å². The number of nitrogens with one attached hydrogen (secondary N) is 1. The zero-order chi connectivity index (χ0) is 12.8. The van der Waals surface area contributed by atoms with Crippen molar-refractivity contribution >= 4 is 17.7 Å². The summed E-state index contributed by atoms with van der Waals surface area (Å²) in [6.45, 7) is 4.08. The molecule has 94 valence electrons. The Balaban J connectivity index is 2.96. The van der Waals surface area contributed by atoms with E-state index in [0.29, 0.717) is 22.9 Å². The highest BCUT2D eigenvalue weighted by molar-refractivity contribution is 7.98. The normalized spacial score (nSPS) is 10.3. The molecule has 0 saturated carbocycles. The molecule has 1 aromatic heterocycles. The molecule has 0 aliphatic heterocycles. The van der Waals surface area contributed by atoms with E-state index in [1.54, 1.807) is 13.2 Å². The van der Waals surface area contributed by atoms with Crippen LogP contribution < -0.4 is 5.69 Å². The molecule has 0 bridgehead atoms. The van der Waals surface area contributed by atoms with Crippen molar-refractivity contribution in [2.45, 2.75) is 31.7 Å². The van der Waals surface area contributed by atoms with Crippen molar-refractivity contribution in [3.05, 3.63) is 21.7 Å². The van der Waals surface area contributed by atoms with Crippen LogP contribution in [0.5, 0.6) is 0 Å². The zero-order valence-corrected chi connectivity index (χ0v) is 11.0. The van der Waals surface area contributed by atoms with Gasteiger partial charge in [-0.1, -0.05) is 13.3 Å². The molecule has 1 heterocycles. The van der Waals surface area contributed by atoms with Crippen LogP contribution in [-0.4, -0.2) is 28.8 Å². The number of rotatable bonds is 5. The molecule has 0 aliphatic carbocycles. The van der Waals surface area contributed by atoms with Crippen LogP contribution in [0.2, 0.25) is 0 Å². The number of ether oxygens (including phenoxy) is 1. The van der Waals surface area contributed by atoms with Crippen LogP contribution in [0.15, 0.2) is 9.82 Å². The van der Waals surface area contributed by atoms with E-state index >= 15 is 0 Å². The maximum absolute atomic E-state index is 11.8. The number of H-pyrrole nitrogens is 1. The van der Waals surface area contributed by atoms with E-state index in [4.69, 9.17) is 4.74 Å². The van der Waals surface area contributed by atoms with Gasteiger partial charge in [-0.3, -0.25) is 0 Å². The van der Waals surface area contributed by atoms with E-state index in [-0.39, 0.29) is 0 Å². The van der Waals surface area contributed by atoms with Crippen molar-refractivity contribution < 1.29 is 9.53 Å². The Morgan fingerprint density at radius 1 is 1.53 bits per heavy atom. The highest BCUT2D eigenvalue weighted by Crippen LogP contribution is 2.18. The van der Waals surface area contributed by atoms with E-state index in [1.807, 2.05) is 6.92 Å². The first-order valence-corrected chi connectivity index (χ1v) is 6.64. The van der Waals surface area contributed by atoms with Gasteiger partial charge in [-0.25, -0.2) is 9.59 Å². The molecule has 6 heteroatoms. The average Bonchev–Trinajstić information content (AvgIpc) is 2.27. The standard InChI is InChI=1S/C11H16N2O3S/c1-4-5-6-16-10(14)8-7(2)12-11(15)13-9(8)17-3/h4-6H2,1-3H3,(H,12,13,15). The van der Waals surface area contributed by atoms with Crippen molar-refractivity contribution in [1.82, 2.24) is 9.97 Å². The number of unbranched alkanes of at least 4 members (excludes halogenated alkanes) is 1. The summed E-state index contributed by atoms with van der Waals surface area (Å²) in [5.74, 6) is -0.427. The Bertz CT molecular complexity index is 457. The molecule has 0 aromatic carbocycles. The second-order valence-electron chi connectivity index (χ2n) is 3.54. The molecule has 0 spiro atoms. The molecule has 17 heavy (non-hydrogen) atoms. The molecule has 0 amide bonds. The second-order valence-corrected chi connectivity index (χ2v) is 4.34. The predicted molar refractivity (Wildman–Crippen MR) is 66.6 cm³/mol. The summed E-state index contributed by atoms with van der Waals surface area (Å²) >= 11 is 1.26. The SMILES string of the molecule is CCCCOC(=O)c1c(SC)nc(=O)[nH]c1C. The van der Waals surface area contributed by atoms with Crippen molar-refractivity contribution in [2.75, 3.05) is 12.9 Å².